The van der Waals surface area contributed by atoms with Gasteiger partial charge in [-0.2, -0.15) is 0 Å². The maximum Gasteiger partial charge on any atom is 0.304 e. The van der Waals surface area contributed by atoms with E-state index in [-0.39, 0.29) is 12.3 Å². The van der Waals surface area contributed by atoms with E-state index in [2.05, 4.69) is 9.55 Å². The first-order valence-corrected chi connectivity index (χ1v) is 5.92. The number of hydrogen-bond donors (Lipinski definition) is 2. The average Bonchev–Trinajstić information content (AvgIpc) is 2.92. The molecule has 3 N–H and O–H groups in total. The minimum absolute atomic E-state index is 0.0436. The molecule has 1 aliphatic carbocycles. The van der Waals surface area contributed by atoms with Crippen LogP contribution in [0, 0.1) is 0 Å². The second-order valence-electron chi connectivity index (χ2n) is 5.43. The number of carboxylic acids is 1. The lowest BCUT2D eigenvalue weighted by molar-refractivity contribution is -0.137. The standard InChI is InChI=1S/C12H19N3O2/c1-12(2,13)9(5-11(16)17)10-6-14-7-15(10)8-3-4-8/h6-9H,3-5,13H2,1-2H3,(H,16,17). The van der Waals surface area contributed by atoms with Crippen LogP contribution in [0.5, 0.6) is 0 Å². The molecule has 1 aromatic heterocycles. The fourth-order valence-electron chi connectivity index (χ4n) is 2.17. The normalized spacial score (nSPS) is 18.1. The molecular weight excluding hydrogens is 218 g/mol. The van der Waals surface area contributed by atoms with E-state index < -0.39 is 11.5 Å². The SMILES string of the molecule is CC(C)(N)C(CC(=O)O)c1cncn1C1CC1. The molecule has 0 spiro atoms. The van der Waals surface area contributed by atoms with Gasteiger partial charge in [0.1, 0.15) is 0 Å². The molecule has 1 aromatic rings. The van der Waals surface area contributed by atoms with Crippen LogP contribution in [0.3, 0.4) is 0 Å². The highest BCUT2D eigenvalue weighted by Crippen LogP contribution is 2.39. The summed E-state index contributed by atoms with van der Waals surface area (Å²) in [4.78, 5) is 15.1. The highest BCUT2D eigenvalue weighted by atomic mass is 16.4. The lowest BCUT2D eigenvalue weighted by Gasteiger charge is -2.30. The summed E-state index contributed by atoms with van der Waals surface area (Å²) in [5.74, 6) is -1.03. The molecule has 0 bridgehead atoms. The van der Waals surface area contributed by atoms with Crippen molar-refractivity contribution in [1.29, 1.82) is 0 Å². The van der Waals surface area contributed by atoms with Gasteiger partial charge in [-0.05, 0) is 26.7 Å². The van der Waals surface area contributed by atoms with Crippen molar-refractivity contribution in [3.8, 4) is 0 Å². The van der Waals surface area contributed by atoms with Gasteiger partial charge in [-0.3, -0.25) is 4.79 Å². The fraction of sp³-hybridized carbons (Fsp3) is 0.667. The van der Waals surface area contributed by atoms with Crippen LogP contribution < -0.4 is 5.73 Å². The van der Waals surface area contributed by atoms with Gasteiger partial charge in [0.05, 0.1) is 12.7 Å². The van der Waals surface area contributed by atoms with Crippen molar-refractivity contribution in [2.75, 3.05) is 0 Å². The van der Waals surface area contributed by atoms with E-state index in [4.69, 9.17) is 10.8 Å². The van der Waals surface area contributed by atoms with Crippen molar-refractivity contribution in [2.45, 2.75) is 50.6 Å². The second-order valence-corrected chi connectivity index (χ2v) is 5.43. The molecule has 0 aromatic carbocycles. The Hall–Kier alpha value is -1.36. The predicted octanol–water partition coefficient (Wildman–Crippen LogP) is 1.51. The fourth-order valence-corrected chi connectivity index (χ4v) is 2.17. The molecule has 1 fully saturated rings. The molecule has 17 heavy (non-hydrogen) atoms. The third-order valence-electron chi connectivity index (χ3n) is 3.27. The maximum atomic E-state index is 11.0. The van der Waals surface area contributed by atoms with Crippen molar-refractivity contribution in [3.63, 3.8) is 0 Å². The first-order chi connectivity index (χ1) is 7.89. The van der Waals surface area contributed by atoms with Crippen molar-refractivity contribution in [1.82, 2.24) is 9.55 Å². The van der Waals surface area contributed by atoms with Gasteiger partial charge in [0.2, 0.25) is 0 Å². The summed E-state index contributed by atoms with van der Waals surface area (Å²) < 4.78 is 2.09. The number of nitrogens with two attached hydrogens (primary N) is 1. The molecule has 5 heteroatoms. The zero-order valence-corrected chi connectivity index (χ0v) is 10.3. The van der Waals surface area contributed by atoms with Crippen molar-refractivity contribution >= 4 is 5.97 Å². The Morgan fingerprint density at radius 2 is 2.35 bits per heavy atom. The lowest BCUT2D eigenvalue weighted by atomic mass is 9.83. The number of carbonyl (C=O) groups is 1. The molecule has 0 aliphatic heterocycles. The van der Waals surface area contributed by atoms with Gasteiger partial charge in [0.15, 0.2) is 0 Å². The Labute approximate surface area is 101 Å². The molecule has 1 aliphatic rings. The zero-order chi connectivity index (χ0) is 12.6. The molecule has 1 saturated carbocycles. The predicted molar refractivity (Wildman–Crippen MR) is 63.8 cm³/mol. The van der Waals surface area contributed by atoms with Crippen LogP contribution in [0.1, 0.15) is 50.8 Å². The van der Waals surface area contributed by atoms with Crippen LogP contribution in [0.4, 0.5) is 0 Å². The van der Waals surface area contributed by atoms with E-state index in [0.29, 0.717) is 6.04 Å². The summed E-state index contributed by atoms with van der Waals surface area (Å²) in [6.45, 7) is 3.73. The van der Waals surface area contributed by atoms with Crippen LogP contribution in [-0.2, 0) is 4.79 Å². The smallest absolute Gasteiger partial charge is 0.304 e. The first-order valence-electron chi connectivity index (χ1n) is 5.92. The van der Waals surface area contributed by atoms with E-state index in [9.17, 15) is 4.79 Å². The van der Waals surface area contributed by atoms with E-state index >= 15 is 0 Å². The first kappa shape index (κ1) is 12.1. The molecule has 1 atom stereocenters. The van der Waals surface area contributed by atoms with E-state index in [1.807, 2.05) is 13.8 Å². The highest BCUT2D eigenvalue weighted by Gasteiger charge is 2.34. The van der Waals surface area contributed by atoms with E-state index in [1.165, 1.54) is 0 Å². The van der Waals surface area contributed by atoms with Crippen molar-refractivity contribution < 1.29 is 9.90 Å². The number of imidazole rings is 1. The minimum Gasteiger partial charge on any atom is -0.481 e. The van der Waals surface area contributed by atoms with Crippen LogP contribution in [-0.4, -0.2) is 26.2 Å². The molecule has 5 nitrogen and oxygen atoms in total. The number of aliphatic carboxylic acids is 1. The maximum absolute atomic E-state index is 11.0. The number of hydrogen-bond acceptors (Lipinski definition) is 3. The van der Waals surface area contributed by atoms with Crippen molar-refractivity contribution in [2.24, 2.45) is 5.73 Å². The Bertz CT molecular complexity index is 416. The summed E-state index contributed by atoms with van der Waals surface area (Å²) in [5, 5.41) is 9.01. The summed E-state index contributed by atoms with van der Waals surface area (Å²) in [5.41, 5.74) is 6.49. The third kappa shape index (κ3) is 2.66. The molecular formula is C12H19N3O2. The van der Waals surface area contributed by atoms with Crippen LogP contribution in [0.25, 0.3) is 0 Å². The molecule has 94 valence electrons. The topological polar surface area (TPSA) is 81.1 Å². The minimum atomic E-state index is -0.822. The summed E-state index contributed by atoms with van der Waals surface area (Å²) in [6.07, 6.45) is 5.87. The van der Waals surface area contributed by atoms with Crippen molar-refractivity contribution in [3.05, 3.63) is 18.2 Å². The largest absolute Gasteiger partial charge is 0.481 e. The Kier molecular flexibility index (Phi) is 2.95. The van der Waals surface area contributed by atoms with Gasteiger partial charge in [0.25, 0.3) is 0 Å². The third-order valence-corrected chi connectivity index (χ3v) is 3.27. The molecule has 0 amide bonds. The van der Waals surface area contributed by atoms with Gasteiger partial charge in [-0.1, -0.05) is 0 Å². The van der Waals surface area contributed by atoms with Gasteiger partial charge in [-0.25, -0.2) is 4.98 Å². The quantitative estimate of drug-likeness (QED) is 0.813. The van der Waals surface area contributed by atoms with Gasteiger partial charge in [0, 0.05) is 29.4 Å². The second kappa shape index (κ2) is 4.14. The lowest BCUT2D eigenvalue weighted by Crippen LogP contribution is -2.41. The van der Waals surface area contributed by atoms with Gasteiger partial charge < -0.3 is 15.4 Å². The number of nitrogens with zero attached hydrogens (tertiary/aromatic N) is 2. The van der Waals surface area contributed by atoms with Gasteiger partial charge >= 0.3 is 5.97 Å². The monoisotopic (exact) mass is 237 g/mol. The van der Waals surface area contributed by atoms with Crippen LogP contribution in [0.2, 0.25) is 0 Å². The Morgan fingerprint density at radius 1 is 1.71 bits per heavy atom. The summed E-state index contributed by atoms with van der Waals surface area (Å²) in [6, 6.07) is 0.492. The highest BCUT2D eigenvalue weighted by molar-refractivity contribution is 5.68. The summed E-state index contributed by atoms with van der Waals surface area (Å²) >= 11 is 0. The van der Waals surface area contributed by atoms with Crippen LogP contribution >= 0.6 is 0 Å². The van der Waals surface area contributed by atoms with Crippen LogP contribution in [0.15, 0.2) is 12.5 Å². The average molecular weight is 237 g/mol. The van der Waals surface area contributed by atoms with E-state index in [1.54, 1.807) is 12.5 Å². The van der Waals surface area contributed by atoms with Gasteiger partial charge in [-0.15, -0.1) is 0 Å². The Balaban J connectivity index is 2.30. The number of aromatic nitrogens is 2. The molecule has 0 radical (unpaired) electrons. The van der Waals surface area contributed by atoms with E-state index in [0.717, 1.165) is 18.5 Å². The zero-order valence-electron chi connectivity index (χ0n) is 10.3. The Morgan fingerprint density at radius 3 is 2.82 bits per heavy atom. The molecule has 2 rings (SSSR count). The number of rotatable bonds is 5. The molecule has 0 saturated heterocycles. The molecule has 1 unspecified atom stereocenters. The number of carboxylic acid groups (broad SMARTS) is 1. The summed E-state index contributed by atoms with van der Waals surface area (Å²) in [7, 11) is 0. The molecule has 1 heterocycles.